The summed E-state index contributed by atoms with van der Waals surface area (Å²) in [6, 6.07) is 8.07. The van der Waals surface area contributed by atoms with Crippen molar-refractivity contribution in [2.75, 3.05) is 31.6 Å². The van der Waals surface area contributed by atoms with Crippen molar-refractivity contribution in [1.82, 2.24) is 4.90 Å². The van der Waals surface area contributed by atoms with E-state index in [1.807, 2.05) is 37.1 Å². The third kappa shape index (κ3) is 3.11. The van der Waals surface area contributed by atoms with Gasteiger partial charge >= 0.3 is 6.03 Å². The Kier molecular flexibility index (Phi) is 4.98. The molecule has 5 heteroatoms. The van der Waals surface area contributed by atoms with E-state index in [-0.39, 0.29) is 12.1 Å². The van der Waals surface area contributed by atoms with Crippen molar-refractivity contribution in [3.8, 4) is 0 Å². The summed E-state index contributed by atoms with van der Waals surface area (Å²) < 4.78 is 5.56. The predicted octanol–water partition coefficient (Wildman–Crippen LogP) is 1.81. The highest BCUT2D eigenvalue weighted by Gasteiger charge is 2.27. The molecule has 1 aromatic rings. The maximum Gasteiger partial charge on any atom is 0.324 e. The molecule has 5 nitrogen and oxygen atoms in total. The molecule has 1 unspecified atom stereocenters. The summed E-state index contributed by atoms with van der Waals surface area (Å²) in [5, 5.41) is 0. The molecule has 1 aliphatic heterocycles. The number of carbonyl (C=O) groups excluding carboxylic acids is 1. The second-order valence-electron chi connectivity index (χ2n) is 5.02. The van der Waals surface area contributed by atoms with Crippen molar-refractivity contribution in [2.24, 2.45) is 5.73 Å². The number of carbonyl (C=O) groups is 1. The van der Waals surface area contributed by atoms with Crippen molar-refractivity contribution in [1.29, 1.82) is 0 Å². The van der Waals surface area contributed by atoms with Gasteiger partial charge in [-0.25, -0.2) is 4.79 Å². The molecule has 1 heterocycles. The van der Waals surface area contributed by atoms with Gasteiger partial charge in [-0.3, -0.25) is 4.90 Å². The number of hydrogen-bond donors (Lipinski definition) is 1. The summed E-state index contributed by atoms with van der Waals surface area (Å²) in [4.78, 5) is 15.9. The molecule has 2 rings (SSSR count). The van der Waals surface area contributed by atoms with Crippen LogP contribution in [-0.4, -0.2) is 43.8 Å². The number of hydrogen-bond acceptors (Lipinski definition) is 3. The Bertz CT molecular complexity index is 464. The number of anilines is 1. The van der Waals surface area contributed by atoms with Crippen LogP contribution in [0.1, 0.15) is 18.9 Å². The van der Waals surface area contributed by atoms with Gasteiger partial charge in [0.25, 0.3) is 0 Å². The van der Waals surface area contributed by atoms with Crippen molar-refractivity contribution in [3.05, 3.63) is 29.8 Å². The topological polar surface area (TPSA) is 58.8 Å². The van der Waals surface area contributed by atoms with Crippen LogP contribution in [0.2, 0.25) is 0 Å². The zero-order valence-electron chi connectivity index (χ0n) is 12.2. The lowest BCUT2D eigenvalue weighted by Crippen LogP contribution is -2.46. The molecule has 0 saturated carbocycles. The molecule has 1 atom stereocenters. The minimum absolute atomic E-state index is 0.00666. The number of urea groups is 1. The molecule has 1 aromatic carbocycles. The van der Waals surface area contributed by atoms with Crippen molar-refractivity contribution in [3.63, 3.8) is 0 Å². The van der Waals surface area contributed by atoms with Crippen LogP contribution in [0.3, 0.4) is 0 Å². The highest BCUT2D eigenvalue weighted by atomic mass is 16.5. The van der Waals surface area contributed by atoms with Crippen LogP contribution in [0.5, 0.6) is 0 Å². The normalized spacial score (nSPS) is 16.2. The maximum atomic E-state index is 12.3. The Morgan fingerprint density at radius 2 is 2.15 bits per heavy atom. The quantitative estimate of drug-likeness (QED) is 0.862. The molecule has 0 aliphatic carbocycles. The van der Waals surface area contributed by atoms with E-state index >= 15 is 0 Å². The second kappa shape index (κ2) is 6.72. The van der Waals surface area contributed by atoms with Gasteiger partial charge in [0.05, 0.1) is 11.8 Å². The van der Waals surface area contributed by atoms with Crippen LogP contribution in [0.25, 0.3) is 0 Å². The third-order valence-corrected chi connectivity index (χ3v) is 3.59. The molecule has 20 heavy (non-hydrogen) atoms. The maximum absolute atomic E-state index is 12.3. The Hall–Kier alpha value is -1.59. The zero-order valence-corrected chi connectivity index (χ0v) is 12.2. The molecular weight excluding hydrogens is 254 g/mol. The van der Waals surface area contributed by atoms with Crippen LogP contribution >= 0.6 is 0 Å². The second-order valence-corrected chi connectivity index (χ2v) is 5.02. The molecule has 0 spiro atoms. The highest BCUT2D eigenvalue weighted by molar-refractivity contribution is 5.94. The van der Waals surface area contributed by atoms with Crippen molar-refractivity contribution >= 4 is 11.7 Å². The molecule has 1 aliphatic rings. The number of amides is 2. The average Bonchev–Trinajstić information content (AvgIpc) is 2.46. The molecule has 2 N–H and O–H groups in total. The zero-order chi connectivity index (χ0) is 14.5. The van der Waals surface area contributed by atoms with Gasteiger partial charge in [0.2, 0.25) is 0 Å². The monoisotopic (exact) mass is 277 g/mol. The molecule has 0 fully saturated rings. The van der Waals surface area contributed by atoms with Gasteiger partial charge in [-0.15, -0.1) is 0 Å². The molecule has 2 amide bonds. The van der Waals surface area contributed by atoms with E-state index in [1.54, 1.807) is 4.90 Å². The summed E-state index contributed by atoms with van der Waals surface area (Å²) in [5.41, 5.74) is 7.87. The lowest BCUT2D eigenvalue weighted by Gasteiger charge is -2.35. The fourth-order valence-electron chi connectivity index (χ4n) is 2.53. The van der Waals surface area contributed by atoms with Gasteiger partial charge in [-0.05, 0) is 25.0 Å². The Balaban J connectivity index is 2.11. The van der Waals surface area contributed by atoms with Gasteiger partial charge in [0, 0.05) is 33.3 Å². The Morgan fingerprint density at radius 3 is 2.85 bits per heavy atom. The first-order valence-electron chi connectivity index (χ1n) is 7.09. The first-order chi connectivity index (χ1) is 9.67. The third-order valence-electron chi connectivity index (χ3n) is 3.59. The fraction of sp³-hybridized carbons (Fsp3) is 0.533. The standard InChI is InChI=1S/C15H23N3O2/c1-3-20-13(10-16)8-9-18-14-7-5-4-6-12(14)11-17(2)15(18)19/h4-7,13H,3,8-11,16H2,1-2H3. The number of nitrogens with two attached hydrogens (primary N) is 1. The number of fused-ring (bicyclic) bond motifs is 1. The number of ether oxygens (including phenoxy) is 1. The molecule has 110 valence electrons. The van der Waals surface area contributed by atoms with Crippen LogP contribution in [-0.2, 0) is 11.3 Å². The predicted molar refractivity (Wildman–Crippen MR) is 79.7 cm³/mol. The molecule has 0 aromatic heterocycles. The number of benzene rings is 1. The lowest BCUT2D eigenvalue weighted by atomic mass is 10.1. The smallest absolute Gasteiger partial charge is 0.324 e. The van der Waals surface area contributed by atoms with Crippen LogP contribution < -0.4 is 10.6 Å². The van der Waals surface area contributed by atoms with E-state index in [1.165, 1.54) is 5.56 Å². The average molecular weight is 277 g/mol. The summed E-state index contributed by atoms with van der Waals surface area (Å²) in [6.07, 6.45) is 0.755. The van der Waals surface area contributed by atoms with E-state index in [9.17, 15) is 4.79 Å². The van der Waals surface area contributed by atoms with E-state index in [2.05, 4.69) is 6.07 Å². The van der Waals surface area contributed by atoms with Gasteiger partial charge in [-0.1, -0.05) is 18.2 Å². The number of rotatable bonds is 6. The summed E-state index contributed by atoms with van der Waals surface area (Å²) in [6.45, 7) is 4.37. The first-order valence-corrected chi connectivity index (χ1v) is 7.09. The SMILES string of the molecule is CCOC(CN)CCN1C(=O)N(C)Cc2ccccc21. The molecule has 0 bridgehead atoms. The van der Waals surface area contributed by atoms with Gasteiger partial charge in [-0.2, -0.15) is 0 Å². The van der Waals surface area contributed by atoms with Crippen LogP contribution in [0.15, 0.2) is 24.3 Å². The lowest BCUT2D eigenvalue weighted by molar-refractivity contribution is 0.0644. The van der Waals surface area contributed by atoms with Gasteiger partial charge in [0.15, 0.2) is 0 Å². The minimum Gasteiger partial charge on any atom is -0.377 e. The number of nitrogens with zero attached hydrogens (tertiary/aromatic N) is 2. The van der Waals surface area contributed by atoms with Crippen molar-refractivity contribution < 1.29 is 9.53 Å². The first kappa shape index (κ1) is 14.8. The van der Waals surface area contributed by atoms with Gasteiger partial charge in [0.1, 0.15) is 0 Å². The summed E-state index contributed by atoms with van der Waals surface area (Å²) in [5.74, 6) is 0. The molecule has 0 radical (unpaired) electrons. The molecular formula is C15H23N3O2. The van der Waals surface area contributed by atoms with Crippen molar-refractivity contribution in [2.45, 2.75) is 26.0 Å². The van der Waals surface area contributed by atoms with Crippen LogP contribution in [0, 0.1) is 0 Å². The summed E-state index contributed by atoms with van der Waals surface area (Å²) in [7, 11) is 1.83. The summed E-state index contributed by atoms with van der Waals surface area (Å²) >= 11 is 0. The highest BCUT2D eigenvalue weighted by Crippen LogP contribution is 2.27. The minimum atomic E-state index is 0.00666. The van der Waals surface area contributed by atoms with Crippen LogP contribution in [0.4, 0.5) is 10.5 Å². The van der Waals surface area contributed by atoms with E-state index in [4.69, 9.17) is 10.5 Å². The molecule has 0 saturated heterocycles. The van der Waals surface area contributed by atoms with Gasteiger partial charge < -0.3 is 15.4 Å². The van der Waals surface area contributed by atoms with E-state index in [0.29, 0.717) is 26.2 Å². The van der Waals surface area contributed by atoms with E-state index in [0.717, 1.165) is 12.1 Å². The largest absolute Gasteiger partial charge is 0.377 e. The Labute approximate surface area is 120 Å². The van der Waals surface area contributed by atoms with E-state index < -0.39 is 0 Å². The fourth-order valence-corrected chi connectivity index (χ4v) is 2.53. The Morgan fingerprint density at radius 1 is 1.40 bits per heavy atom. The number of para-hydroxylation sites is 1.